The average molecular weight is 244 g/mol. The number of benzene rings is 1. The van der Waals surface area contributed by atoms with Gasteiger partial charge in [0.25, 0.3) is 0 Å². The van der Waals surface area contributed by atoms with Crippen molar-refractivity contribution in [3.8, 4) is 0 Å². The monoisotopic (exact) mass is 244 g/mol. The first-order chi connectivity index (χ1) is 8.39. The zero-order chi connectivity index (χ0) is 13.3. The minimum atomic E-state index is -0.686. The standard InChI is InChI=1S/C16H20O2/c1-11-9-10-18-15(11)14(17)12-5-7-13(8-6-12)16(2,3)4/h5-10,14,17H,1-4H3. The highest BCUT2D eigenvalue weighted by molar-refractivity contribution is 5.33. The molecule has 0 aliphatic rings. The molecule has 96 valence electrons. The summed E-state index contributed by atoms with van der Waals surface area (Å²) in [7, 11) is 0. The van der Waals surface area contributed by atoms with Gasteiger partial charge < -0.3 is 9.52 Å². The number of hydrogen-bond acceptors (Lipinski definition) is 2. The van der Waals surface area contributed by atoms with Gasteiger partial charge in [0.05, 0.1) is 6.26 Å². The van der Waals surface area contributed by atoms with Crippen LogP contribution in [-0.4, -0.2) is 5.11 Å². The molecule has 1 aromatic heterocycles. The van der Waals surface area contributed by atoms with E-state index >= 15 is 0 Å². The SMILES string of the molecule is Cc1ccoc1C(O)c1ccc(C(C)(C)C)cc1. The summed E-state index contributed by atoms with van der Waals surface area (Å²) in [4.78, 5) is 0. The molecule has 0 aliphatic heterocycles. The predicted molar refractivity (Wildman–Crippen MR) is 72.6 cm³/mol. The molecule has 1 unspecified atom stereocenters. The summed E-state index contributed by atoms with van der Waals surface area (Å²) in [5.41, 5.74) is 3.22. The van der Waals surface area contributed by atoms with Crippen molar-refractivity contribution in [1.29, 1.82) is 0 Å². The maximum Gasteiger partial charge on any atom is 0.139 e. The third-order valence-electron chi connectivity index (χ3n) is 3.24. The molecule has 1 N–H and O–H groups in total. The van der Waals surface area contributed by atoms with Crippen LogP contribution in [0.3, 0.4) is 0 Å². The predicted octanol–water partition coefficient (Wildman–Crippen LogP) is 3.97. The molecule has 18 heavy (non-hydrogen) atoms. The maximum atomic E-state index is 10.3. The van der Waals surface area contributed by atoms with E-state index in [9.17, 15) is 5.11 Å². The van der Waals surface area contributed by atoms with Gasteiger partial charge in [0.2, 0.25) is 0 Å². The third-order valence-corrected chi connectivity index (χ3v) is 3.24. The first-order valence-electron chi connectivity index (χ1n) is 6.22. The highest BCUT2D eigenvalue weighted by Gasteiger charge is 2.18. The summed E-state index contributed by atoms with van der Waals surface area (Å²) >= 11 is 0. The lowest BCUT2D eigenvalue weighted by molar-refractivity contribution is 0.188. The molecule has 0 saturated heterocycles. The van der Waals surface area contributed by atoms with Crippen LogP contribution in [0.15, 0.2) is 41.0 Å². The molecule has 0 aliphatic carbocycles. The third kappa shape index (κ3) is 2.49. The molecule has 2 heteroatoms. The van der Waals surface area contributed by atoms with Crippen molar-refractivity contribution in [2.45, 2.75) is 39.2 Å². The Kier molecular flexibility index (Phi) is 3.31. The Balaban J connectivity index is 2.28. The maximum absolute atomic E-state index is 10.3. The number of hydrogen-bond donors (Lipinski definition) is 1. The van der Waals surface area contributed by atoms with Gasteiger partial charge in [0, 0.05) is 0 Å². The number of rotatable bonds is 2. The highest BCUT2D eigenvalue weighted by Crippen LogP contribution is 2.28. The Hall–Kier alpha value is -1.54. The lowest BCUT2D eigenvalue weighted by Crippen LogP contribution is -2.11. The minimum absolute atomic E-state index is 0.129. The minimum Gasteiger partial charge on any atom is -0.466 e. The van der Waals surface area contributed by atoms with E-state index in [4.69, 9.17) is 4.42 Å². The molecule has 0 saturated carbocycles. The van der Waals surface area contributed by atoms with Crippen LogP contribution in [0.4, 0.5) is 0 Å². The van der Waals surface area contributed by atoms with Crippen LogP contribution in [0.5, 0.6) is 0 Å². The van der Waals surface area contributed by atoms with Gasteiger partial charge in [-0.1, -0.05) is 45.0 Å². The van der Waals surface area contributed by atoms with E-state index in [0.717, 1.165) is 11.1 Å². The molecule has 0 spiro atoms. The zero-order valence-corrected chi connectivity index (χ0v) is 11.4. The van der Waals surface area contributed by atoms with Gasteiger partial charge >= 0.3 is 0 Å². The molecule has 0 fully saturated rings. The van der Waals surface area contributed by atoms with E-state index in [1.807, 2.05) is 25.1 Å². The van der Waals surface area contributed by atoms with E-state index < -0.39 is 6.10 Å². The first-order valence-corrected chi connectivity index (χ1v) is 6.22. The summed E-state index contributed by atoms with van der Waals surface area (Å²) in [5.74, 6) is 0.624. The van der Waals surface area contributed by atoms with E-state index in [0.29, 0.717) is 5.76 Å². The molecule has 2 nitrogen and oxygen atoms in total. The van der Waals surface area contributed by atoms with Crippen molar-refractivity contribution in [3.05, 3.63) is 59.0 Å². The molecule has 0 amide bonds. The number of aliphatic hydroxyl groups is 1. The van der Waals surface area contributed by atoms with Gasteiger partial charge in [0.15, 0.2) is 0 Å². The van der Waals surface area contributed by atoms with Crippen molar-refractivity contribution >= 4 is 0 Å². The summed E-state index contributed by atoms with van der Waals surface area (Å²) in [6.07, 6.45) is 0.922. The van der Waals surface area contributed by atoms with E-state index in [1.54, 1.807) is 6.26 Å². The molecule has 0 bridgehead atoms. The second kappa shape index (κ2) is 4.62. The van der Waals surface area contributed by atoms with E-state index in [2.05, 4.69) is 32.9 Å². The van der Waals surface area contributed by atoms with Crippen LogP contribution in [0.2, 0.25) is 0 Å². The fourth-order valence-electron chi connectivity index (χ4n) is 1.98. The number of aliphatic hydroxyl groups excluding tert-OH is 1. The van der Waals surface area contributed by atoms with Gasteiger partial charge in [-0.3, -0.25) is 0 Å². The number of furan rings is 1. The Morgan fingerprint density at radius 3 is 2.11 bits per heavy atom. The Labute approximate surface area is 108 Å². The molecule has 0 radical (unpaired) electrons. The second-order valence-electron chi connectivity index (χ2n) is 5.74. The normalized spacial score (nSPS) is 13.6. The summed E-state index contributed by atoms with van der Waals surface area (Å²) < 4.78 is 5.33. The topological polar surface area (TPSA) is 33.4 Å². The van der Waals surface area contributed by atoms with Crippen LogP contribution in [0.1, 0.15) is 49.3 Å². The van der Waals surface area contributed by atoms with E-state index in [1.165, 1.54) is 5.56 Å². The van der Waals surface area contributed by atoms with Gasteiger partial charge in [-0.05, 0) is 35.1 Å². The zero-order valence-electron chi connectivity index (χ0n) is 11.4. The second-order valence-corrected chi connectivity index (χ2v) is 5.74. The van der Waals surface area contributed by atoms with Crippen LogP contribution < -0.4 is 0 Å². The number of aryl methyl sites for hydroxylation is 1. The lowest BCUT2D eigenvalue weighted by Gasteiger charge is -2.19. The molecule has 1 aromatic carbocycles. The highest BCUT2D eigenvalue weighted by atomic mass is 16.4. The molecule has 2 aromatic rings. The fraction of sp³-hybridized carbons (Fsp3) is 0.375. The lowest BCUT2D eigenvalue weighted by atomic mass is 9.86. The fourth-order valence-corrected chi connectivity index (χ4v) is 1.98. The van der Waals surface area contributed by atoms with Gasteiger partial charge in [-0.25, -0.2) is 0 Å². The summed E-state index contributed by atoms with van der Waals surface area (Å²) in [5, 5.41) is 10.3. The molecule has 1 atom stereocenters. The van der Waals surface area contributed by atoms with Gasteiger partial charge in [0.1, 0.15) is 11.9 Å². The van der Waals surface area contributed by atoms with Gasteiger partial charge in [-0.15, -0.1) is 0 Å². The van der Waals surface area contributed by atoms with E-state index in [-0.39, 0.29) is 5.41 Å². The Bertz CT molecular complexity index is 515. The molecule has 1 heterocycles. The molecular formula is C16H20O2. The quantitative estimate of drug-likeness (QED) is 0.867. The Morgan fingerprint density at radius 1 is 1.06 bits per heavy atom. The largest absolute Gasteiger partial charge is 0.466 e. The van der Waals surface area contributed by atoms with Crippen molar-refractivity contribution in [2.75, 3.05) is 0 Å². The van der Waals surface area contributed by atoms with Crippen LogP contribution >= 0.6 is 0 Å². The first kappa shape index (κ1) is 12.9. The van der Waals surface area contributed by atoms with Gasteiger partial charge in [-0.2, -0.15) is 0 Å². The van der Waals surface area contributed by atoms with Crippen LogP contribution in [0.25, 0.3) is 0 Å². The van der Waals surface area contributed by atoms with Crippen molar-refractivity contribution < 1.29 is 9.52 Å². The van der Waals surface area contributed by atoms with Crippen LogP contribution in [0, 0.1) is 6.92 Å². The molecular weight excluding hydrogens is 224 g/mol. The summed E-state index contributed by atoms with van der Waals surface area (Å²) in [6, 6.07) is 9.93. The van der Waals surface area contributed by atoms with Crippen molar-refractivity contribution in [3.63, 3.8) is 0 Å². The van der Waals surface area contributed by atoms with Crippen LogP contribution in [-0.2, 0) is 5.41 Å². The summed E-state index contributed by atoms with van der Waals surface area (Å²) in [6.45, 7) is 8.46. The Morgan fingerprint density at radius 2 is 1.67 bits per heavy atom. The smallest absolute Gasteiger partial charge is 0.139 e. The average Bonchev–Trinajstić information content (AvgIpc) is 2.73. The van der Waals surface area contributed by atoms with Crippen molar-refractivity contribution in [1.82, 2.24) is 0 Å². The van der Waals surface area contributed by atoms with Crippen molar-refractivity contribution in [2.24, 2.45) is 0 Å². The molecule has 2 rings (SSSR count).